The number of ether oxygens (including phenoxy) is 1. The highest BCUT2D eigenvalue weighted by Crippen LogP contribution is 2.22. The second kappa shape index (κ2) is 6.95. The van der Waals surface area contributed by atoms with Crippen molar-refractivity contribution in [2.45, 2.75) is 31.4 Å². The number of benzene rings is 1. The van der Waals surface area contributed by atoms with Gasteiger partial charge in [0.2, 0.25) is 5.91 Å². The van der Waals surface area contributed by atoms with Crippen LogP contribution in [0.4, 0.5) is 14.9 Å². The Labute approximate surface area is 134 Å². The van der Waals surface area contributed by atoms with E-state index in [1.807, 2.05) is 0 Å². The molecule has 0 aromatic heterocycles. The van der Waals surface area contributed by atoms with E-state index >= 15 is 0 Å². The molecule has 7 heteroatoms. The minimum Gasteiger partial charge on any atom is -0.376 e. The third kappa shape index (κ3) is 3.98. The molecule has 3 amide bonds. The lowest BCUT2D eigenvalue weighted by Crippen LogP contribution is -2.45. The van der Waals surface area contributed by atoms with Crippen molar-refractivity contribution < 1.29 is 18.7 Å². The molecule has 2 heterocycles. The number of hydrogen-bond donors (Lipinski definition) is 2. The molecule has 0 spiro atoms. The highest BCUT2D eigenvalue weighted by atomic mass is 19.1. The van der Waals surface area contributed by atoms with Gasteiger partial charge in [0.25, 0.3) is 0 Å². The first-order valence-electron chi connectivity index (χ1n) is 7.84. The monoisotopic (exact) mass is 321 g/mol. The minimum atomic E-state index is -0.388. The largest absolute Gasteiger partial charge is 0.376 e. The average molecular weight is 321 g/mol. The molecule has 2 aliphatic rings. The number of nitrogens with one attached hydrogen (secondary N) is 2. The summed E-state index contributed by atoms with van der Waals surface area (Å²) in [4.78, 5) is 25.4. The first kappa shape index (κ1) is 15.7. The molecule has 0 aliphatic carbocycles. The maximum atomic E-state index is 13.3. The van der Waals surface area contributed by atoms with Crippen LogP contribution in [0.25, 0.3) is 0 Å². The van der Waals surface area contributed by atoms with Gasteiger partial charge in [-0.25, -0.2) is 9.18 Å². The summed E-state index contributed by atoms with van der Waals surface area (Å²) < 4.78 is 18.7. The molecule has 0 bridgehead atoms. The van der Waals surface area contributed by atoms with Gasteiger partial charge < -0.3 is 20.3 Å². The van der Waals surface area contributed by atoms with E-state index in [2.05, 4.69) is 10.6 Å². The number of amides is 3. The highest BCUT2D eigenvalue weighted by molar-refractivity contribution is 5.96. The van der Waals surface area contributed by atoms with Crippen molar-refractivity contribution in [3.8, 4) is 0 Å². The fraction of sp³-hybridized carbons (Fsp3) is 0.500. The van der Waals surface area contributed by atoms with E-state index < -0.39 is 0 Å². The summed E-state index contributed by atoms with van der Waals surface area (Å²) in [7, 11) is 0. The Morgan fingerprint density at radius 2 is 2.30 bits per heavy atom. The van der Waals surface area contributed by atoms with Crippen LogP contribution in [0.5, 0.6) is 0 Å². The van der Waals surface area contributed by atoms with Crippen LogP contribution in [0.15, 0.2) is 24.3 Å². The number of halogens is 1. The molecule has 124 valence electrons. The van der Waals surface area contributed by atoms with Crippen LogP contribution in [0.3, 0.4) is 0 Å². The third-order valence-corrected chi connectivity index (χ3v) is 4.09. The summed E-state index contributed by atoms with van der Waals surface area (Å²) >= 11 is 0. The summed E-state index contributed by atoms with van der Waals surface area (Å²) in [5.74, 6) is -0.513. The normalized spacial score (nSPS) is 24.0. The Balaban J connectivity index is 1.50. The van der Waals surface area contributed by atoms with Gasteiger partial charge in [0.15, 0.2) is 0 Å². The fourth-order valence-electron chi connectivity index (χ4n) is 2.95. The van der Waals surface area contributed by atoms with Crippen molar-refractivity contribution in [1.82, 2.24) is 10.6 Å². The second-order valence-corrected chi connectivity index (χ2v) is 5.87. The van der Waals surface area contributed by atoms with Gasteiger partial charge in [0, 0.05) is 31.8 Å². The quantitative estimate of drug-likeness (QED) is 0.881. The van der Waals surface area contributed by atoms with Gasteiger partial charge in [-0.15, -0.1) is 0 Å². The maximum Gasteiger partial charge on any atom is 0.315 e. The van der Waals surface area contributed by atoms with Crippen molar-refractivity contribution in [3.05, 3.63) is 30.1 Å². The van der Waals surface area contributed by atoms with Crippen LogP contribution in [0, 0.1) is 5.82 Å². The van der Waals surface area contributed by atoms with Crippen LogP contribution in [-0.4, -0.2) is 43.8 Å². The third-order valence-electron chi connectivity index (χ3n) is 4.09. The molecule has 1 aromatic carbocycles. The molecule has 0 saturated carbocycles. The Kier molecular flexibility index (Phi) is 4.76. The summed E-state index contributed by atoms with van der Waals surface area (Å²) in [6.45, 7) is 1.56. The molecule has 1 aromatic rings. The number of carbonyl (C=O) groups is 2. The first-order valence-corrected chi connectivity index (χ1v) is 7.84. The molecule has 3 rings (SSSR count). The summed E-state index contributed by atoms with van der Waals surface area (Å²) in [5, 5.41) is 5.55. The van der Waals surface area contributed by atoms with Crippen molar-refractivity contribution in [2.75, 3.05) is 24.6 Å². The Hall–Kier alpha value is -2.15. The molecular weight excluding hydrogens is 301 g/mol. The molecule has 2 aliphatic heterocycles. The number of carbonyl (C=O) groups excluding carboxylic acids is 2. The number of anilines is 1. The highest BCUT2D eigenvalue weighted by Gasteiger charge is 2.31. The summed E-state index contributed by atoms with van der Waals surface area (Å²) in [5.41, 5.74) is 0.513. The van der Waals surface area contributed by atoms with Crippen LogP contribution in [-0.2, 0) is 9.53 Å². The molecular formula is C16H20FN3O3. The van der Waals surface area contributed by atoms with Crippen molar-refractivity contribution in [3.63, 3.8) is 0 Å². The van der Waals surface area contributed by atoms with Crippen molar-refractivity contribution in [2.24, 2.45) is 0 Å². The van der Waals surface area contributed by atoms with E-state index in [-0.39, 0.29) is 36.3 Å². The van der Waals surface area contributed by atoms with Gasteiger partial charge in [-0.3, -0.25) is 4.79 Å². The Morgan fingerprint density at radius 3 is 3.04 bits per heavy atom. The molecule has 2 fully saturated rings. The topological polar surface area (TPSA) is 70.7 Å². The van der Waals surface area contributed by atoms with E-state index in [9.17, 15) is 14.0 Å². The number of rotatable bonds is 4. The van der Waals surface area contributed by atoms with E-state index in [4.69, 9.17) is 4.74 Å². The van der Waals surface area contributed by atoms with Crippen LogP contribution >= 0.6 is 0 Å². The molecule has 6 nitrogen and oxygen atoms in total. The second-order valence-electron chi connectivity index (χ2n) is 5.87. The smallest absolute Gasteiger partial charge is 0.315 e. The first-order chi connectivity index (χ1) is 11.1. The lowest BCUT2D eigenvalue weighted by atomic mass is 10.2. The van der Waals surface area contributed by atoms with Crippen molar-refractivity contribution >= 4 is 17.6 Å². The molecule has 2 N–H and O–H groups in total. The van der Waals surface area contributed by atoms with E-state index in [0.717, 1.165) is 19.4 Å². The SMILES string of the molecule is O=C(NC[C@H]1CCCO1)N[C@H]1CC(=O)N(c2cccc(F)c2)C1. The predicted octanol–water partition coefficient (Wildman–Crippen LogP) is 1.41. The zero-order valence-electron chi connectivity index (χ0n) is 12.8. The lowest BCUT2D eigenvalue weighted by molar-refractivity contribution is -0.117. The molecule has 23 heavy (non-hydrogen) atoms. The van der Waals surface area contributed by atoms with Gasteiger partial charge in [-0.05, 0) is 31.0 Å². The lowest BCUT2D eigenvalue weighted by Gasteiger charge is -2.18. The van der Waals surface area contributed by atoms with Crippen LogP contribution in [0.2, 0.25) is 0 Å². The van der Waals surface area contributed by atoms with E-state index in [0.29, 0.717) is 18.8 Å². The van der Waals surface area contributed by atoms with Gasteiger partial charge >= 0.3 is 6.03 Å². The van der Waals surface area contributed by atoms with Gasteiger partial charge in [-0.2, -0.15) is 0 Å². The molecule has 0 unspecified atom stereocenters. The zero-order valence-corrected chi connectivity index (χ0v) is 12.8. The number of nitrogens with zero attached hydrogens (tertiary/aromatic N) is 1. The standard InChI is InChI=1S/C16H20FN3O3/c17-11-3-1-4-13(7-11)20-10-12(8-15(20)21)19-16(22)18-9-14-5-2-6-23-14/h1,3-4,7,12,14H,2,5-6,8-10H2,(H2,18,19,22)/t12-,14+/m0/s1. The Morgan fingerprint density at radius 1 is 1.43 bits per heavy atom. The van der Waals surface area contributed by atoms with Gasteiger partial charge in [0.1, 0.15) is 5.82 Å². The number of hydrogen-bond acceptors (Lipinski definition) is 3. The summed E-state index contributed by atoms with van der Waals surface area (Å²) in [6, 6.07) is 5.30. The zero-order chi connectivity index (χ0) is 16.2. The number of urea groups is 1. The van der Waals surface area contributed by atoms with Gasteiger partial charge in [-0.1, -0.05) is 6.07 Å². The van der Waals surface area contributed by atoms with Crippen LogP contribution < -0.4 is 15.5 Å². The molecule has 2 atom stereocenters. The molecule has 2 saturated heterocycles. The Bertz CT molecular complexity index is 590. The van der Waals surface area contributed by atoms with Crippen molar-refractivity contribution in [1.29, 1.82) is 0 Å². The van der Waals surface area contributed by atoms with Crippen LogP contribution in [0.1, 0.15) is 19.3 Å². The fourth-order valence-corrected chi connectivity index (χ4v) is 2.95. The van der Waals surface area contributed by atoms with E-state index in [1.165, 1.54) is 17.0 Å². The average Bonchev–Trinajstić information content (AvgIpc) is 3.15. The summed E-state index contributed by atoms with van der Waals surface area (Å²) in [6.07, 6.45) is 2.27. The maximum absolute atomic E-state index is 13.3. The predicted molar refractivity (Wildman–Crippen MR) is 82.7 cm³/mol. The van der Waals surface area contributed by atoms with E-state index in [1.54, 1.807) is 12.1 Å². The minimum absolute atomic E-state index is 0.0785. The molecule has 0 radical (unpaired) electrons. The van der Waals surface area contributed by atoms with Gasteiger partial charge in [0.05, 0.1) is 12.1 Å².